The van der Waals surface area contributed by atoms with Crippen molar-refractivity contribution in [1.82, 2.24) is 40.2 Å². The summed E-state index contributed by atoms with van der Waals surface area (Å²) in [5.74, 6) is 1.01. The van der Waals surface area contributed by atoms with E-state index in [0.717, 1.165) is 80.9 Å². The largest absolute Gasteiger partial charge is 0.382 e. The molecule has 0 saturated carbocycles. The molecule has 4 heterocycles. The van der Waals surface area contributed by atoms with Crippen LogP contribution in [-0.4, -0.2) is 41.6 Å². The number of nitrogens with zero attached hydrogens (tertiary/aromatic N) is 6. The summed E-state index contributed by atoms with van der Waals surface area (Å²) in [5, 5.41) is 20.7. The molecule has 0 atom stereocenters. The third-order valence-electron chi connectivity index (χ3n) is 9.82. The molecule has 0 saturated heterocycles. The average molecular weight is 779 g/mol. The van der Waals surface area contributed by atoms with Crippen molar-refractivity contribution in [2.75, 3.05) is 11.5 Å². The first kappa shape index (κ1) is 43.3. The summed E-state index contributed by atoms with van der Waals surface area (Å²) < 4.78 is 3.78. The van der Waals surface area contributed by atoms with Gasteiger partial charge in [-0.1, -0.05) is 140 Å². The summed E-state index contributed by atoms with van der Waals surface area (Å²) in [7, 11) is 3.91. The monoisotopic (exact) mass is 779 g/mol. The van der Waals surface area contributed by atoms with E-state index in [-0.39, 0.29) is 0 Å². The highest BCUT2D eigenvalue weighted by atomic mass is 15.3. The van der Waals surface area contributed by atoms with E-state index in [4.69, 9.17) is 16.6 Å². The van der Waals surface area contributed by atoms with E-state index < -0.39 is 0 Å². The van der Waals surface area contributed by atoms with Crippen LogP contribution in [0.3, 0.4) is 0 Å². The van der Waals surface area contributed by atoms with Gasteiger partial charge in [-0.05, 0) is 34.4 Å². The first-order chi connectivity index (χ1) is 28.0. The van der Waals surface area contributed by atoms with Gasteiger partial charge < -0.3 is 22.1 Å². The summed E-state index contributed by atoms with van der Waals surface area (Å²) in [6.45, 7) is 18.4. The molecule has 4 aromatic carbocycles. The number of aryl methyl sites for hydroxylation is 2. The molecule has 0 aliphatic heterocycles. The van der Waals surface area contributed by atoms with Gasteiger partial charge >= 0.3 is 0 Å². The van der Waals surface area contributed by atoms with Crippen molar-refractivity contribution in [3.63, 3.8) is 0 Å². The van der Waals surface area contributed by atoms with Crippen LogP contribution in [0.4, 0.5) is 11.6 Å². The number of hydrogen-bond donors (Lipinski definition) is 4. The van der Waals surface area contributed by atoms with Gasteiger partial charge in [-0.3, -0.25) is 9.36 Å². The molecule has 0 amide bonds. The van der Waals surface area contributed by atoms with Gasteiger partial charge in [0, 0.05) is 73.7 Å². The van der Waals surface area contributed by atoms with Crippen molar-refractivity contribution in [3.8, 4) is 0 Å². The zero-order chi connectivity index (χ0) is 41.9. The minimum Gasteiger partial charge on any atom is -0.382 e. The molecule has 304 valence electrons. The van der Waals surface area contributed by atoms with Crippen molar-refractivity contribution < 1.29 is 0 Å². The lowest BCUT2D eigenvalue weighted by Gasteiger charge is -2.09. The van der Waals surface area contributed by atoms with Gasteiger partial charge in [-0.25, -0.2) is 9.97 Å². The number of para-hydroxylation sites is 2. The summed E-state index contributed by atoms with van der Waals surface area (Å²) in [4.78, 5) is 9.05. The molecule has 10 nitrogen and oxygen atoms in total. The second-order valence-corrected chi connectivity index (χ2v) is 14.7. The van der Waals surface area contributed by atoms with Crippen LogP contribution in [0.2, 0.25) is 0 Å². The van der Waals surface area contributed by atoms with Crippen LogP contribution in [-0.2, 0) is 40.0 Å². The zero-order valence-corrected chi connectivity index (χ0v) is 36.1. The molecule has 6 N–H and O–H groups in total. The van der Waals surface area contributed by atoms with E-state index in [1.165, 1.54) is 22.3 Å². The fraction of sp³-hybridized carbons (Fsp3) is 0.333. The van der Waals surface area contributed by atoms with Crippen LogP contribution < -0.4 is 22.1 Å². The molecular formula is C48H62N10. The van der Waals surface area contributed by atoms with Crippen molar-refractivity contribution in [2.24, 2.45) is 14.1 Å². The van der Waals surface area contributed by atoms with Gasteiger partial charge in [-0.2, -0.15) is 10.2 Å². The predicted octanol–water partition coefficient (Wildman–Crippen LogP) is 9.64. The maximum Gasteiger partial charge on any atom is 0.152 e. The van der Waals surface area contributed by atoms with Crippen LogP contribution in [0, 0.1) is 0 Å². The first-order valence-corrected chi connectivity index (χ1v) is 20.7. The fourth-order valence-electron chi connectivity index (χ4n) is 7.02. The van der Waals surface area contributed by atoms with Crippen molar-refractivity contribution in [1.29, 1.82) is 0 Å². The Morgan fingerprint density at radius 1 is 0.534 bits per heavy atom. The molecule has 8 aromatic rings. The van der Waals surface area contributed by atoms with Crippen molar-refractivity contribution in [3.05, 3.63) is 131 Å². The number of pyridine rings is 2. The Bertz CT molecular complexity index is 2500. The molecule has 0 fully saturated rings. The number of nitrogens with two attached hydrogens (primary N) is 2. The van der Waals surface area contributed by atoms with E-state index in [1.54, 1.807) is 0 Å². The number of nitrogens with one attached hydrogen (secondary N) is 2. The normalized spacial score (nSPS) is 11.1. The van der Waals surface area contributed by atoms with E-state index in [0.29, 0.717) is 23.7 Å². The highest BCUT2D eigenvalue weighted by Crippen LogP contribution is 2.32. The molecule has 0 aliphatic rings. The van der Waals surface area contributed by atoms with Crippen molar-refractivity contribution in [2.45, 2.75) is 93.4 Å². The standard InChI is InChI=1S/2C22H25N5.2C2H6/c1-14(2)24-13-16-10-8-15(9-11-16)12-19-20-17-6-4-5-7-18(17)25-22(23)21(20)26-27(19)3;1-14(2)24-13-16-10-8-15(9-11-16)12-19-20-17-6-4-5-7-18(17)25-22(23)21(20)27(3)26-19;2*1-2/h2*4-11,14,24H,12-13H2,1-3H3,(H2,23,25);2*1-2H3. The Morgan fingerprint density at radius 2 is 0.983 bits per heavy atom. The number of nitrogen functional groups attached to an aromatic ring is 2. The highest BCUT2D eigenvalue weighted by molar-refractivity contribution is 6.10. The van der Waals surface area contributed by atoms with E-state index >= 15 is 0 Å². The van der Waals surface area contributed by atoms with Crippen LogP contribution in [0.5, 0.6) is 0 Å². The van der Waals surface area contributed by atoms with E-state index in [1.807, 2.05) is 87.6 Å². The smallest absolute Gasteiger partial charge is 0.152 e. The summed E-state index contributed by atoms with van der Waals surface area (Å²) in [6.07, 6.45) is 1.57. The Morgan fingerprint density at radius 3 is 1.50 bits per heavy atom. The van der Waals surface area contributed by atoms with Crippen molar-refractivity contribution >= 4 is 55.2 Å². The van der Waals surface area contributed by atoms with E-state index in [9.17, 15) is 0 Å². The average Bonchev–Trinajstić information content (AvgIpc) is 3.75. The minimum atomic E-state index is 0.483. The first-order valence-electron chi connectivity index (χ1n) is 20.7. The Kier molecular flexibility index (Phi) is 15.0. The maximum atomic E-state index is 6.23. The van der Waals surface area contributed by atoms with Crippen LogP contribution in [0.25, 0.3) is 43.6 Å². The number of aromatic nitrogens is 6. The molecule has 0 aliphatic carbocycles. The summed E-state index contributed by atoms with van der Waals surface area (Å²) in [5.41, 5.74) is 23.2. The molecular weight excluding hydrogens is 717 g/mol. The van der Waals surface area contributed by atoms with Crippen LogP contribution in [0.1, 0.15) is 89.0 Å². The molecule has 10 heteroatoms. The lowest BCUT2D eigenvalue weighted by atomic mass is 10.0. The van der Waals surface area contributed by atoms with Gasteiger partial charge in [0.15, 0.2) is 5.82 Å². The molecule has 0 radical (unpaired) electrons. The van der Waals surface area contributed by atoms with E-state index in [2.05, 4.69) is 114 Å². The number of fused-ring (bicyclic) bond motifs is 6. The van der Waals surface area contributed by atoms with Crippen LogP contribution >= 0.6 is 0 Å². The zero-order valence-electron chi connectivity index (χ0n) is 36.1. The Hall–Kier alpha value is -5.84. The van der Waals surface area contributed by atoms with Gasteiger partial charge in [-0.15, -0.1) is 0 Å². The maximum absolute atomic E-state index is 6.23. The van der Waals surface area contributed by atoms with Gasteiger partial charge in [0.25, 0.3) is 0 Å². The molecule has 0 unspecified atom stereocenters. The quantitative estimate of drug-likeness (QED) is 0.108. The lowest BCUT2D eigenvalue weighted by molar-refractivity contribution is 0.588. The fourth-order valence-corrected chi connectivity index (χ4v) is 7.02. The molecule has 4 aromatic heterocycles. The SMILES string of the molecule is CC.CC.CC(C)NCc1ccc(Cc2c3c(nn2C)c(N)nc2ccccc23)cc1.CC(C)NCc1ccc(Cc2nn(C)c3c(N)nc4ccccc4c23)cc1. The minimum absolute atomic E-state index is 0.483. The van der Waals surface area contributed by atoms with Gasteiger partial charge in [0.2, 0.25) is 0 Å². The third kappa shape index (κ3) is 9.99. The molecule has 0 spiro atoms. The third-order valence-corrected chi connectivity index (χ3v) is 9.82. The topological polar surface area (TPSA) is 138 Å². The van der Waals surface area contributed by atoms with Crippen LogP contribution in [0.15, 0.2) is 97.1 Å². The molecule has 8 rings (SSSR count). The molecule has 0 bridgehead atoms. The van der Waals surface area contributed by atoms with Gasteiger partial charge in [0.05, 0.1) is 22.4 Å². The second-order valence-electron chi connectivity index (χ2n) is 14.7. The number of benzene rings is 4. The summed E-state index contributed by atoms with van der Waals surface area (Å²) in [6, 6.07) is 34.7. The predicted molar refractivity (Wildman–Crippen MR) is 246 cm³/mol. The molecule has 58 heavy (non-hydrogen) atoms. The highest BCUT2D eigenvalue weighted by Gasteiger charge is 2.18. The number of hydrogen-bond acceptors (Lipinski definition) is 8. The van der Waals surface area contributed by atoms with Gasteiger partial charge in [0.1, 0.15) is 16.9 Å². The number of anilines is 2. The lowest BCUT2D eigenvalue weighted by Crippen LogP contribution is -2.21. The number of rotatable bonds is 10. The second kappa shape index (κ2) is 20.0. The summed E-state index contributed by atoms with van der Waals surface area (Å²) >= 11 is 0. The Labute approximate surface area is 344 Å². The Balaban J connectivity index is 0.000000204.